The maximum atomic E-state index is 4.72. The van der Waals surface area contributed by atoms with Crippen LogP contribution in [-0.4, -0.2) is 24.0 Å². The summed E-state index contributed by atoms with van der Waals surface area (Å²) in [6.45, 7) is 6.54. The maximum Gasteiger partial charge on any atom is 0.191 e. The van der Waals surface area contributed by atoms with Crippen molar-refractivity contribution in [3.63, 3.8) is 0 Å². The largest absolute Gasteiger partial charge is 0.357 e. The second-order valence-electron chi connectivity index (χ2n) is 6.29. The lowest BCUT2D eigenvalue weighted by Gasteiger charge is -2.12. The average molecular weight is 346 g/mol. The molecule has 2 aromatic carbocycles. The van der Waals surface area contributed by atoms with Crippen LogP contribution in [-0.2, 0) is 13.0 Å². The summed E-state index contributed by atoms with van der Waals surface area (Å²) in [6, 6.07) is 18.8. The Morgan fingerprint density at radius 1 is 0.962 bits per heavy atom. The molecule has 0 aliphatic rings. The lowest BCUT2D eigenvalue weighted by atomic mass is 10.1. The topological polar surface area (TPSA) is 49.3 Å². The molecule has 0 fully saturated rings. The summed E-state index contributed by atoms with van der Waals surface area (Å²) in [6.07, 6.45) is 2.76. The van der Waals surface area contributed by atoms with Crippen molar-refractivity contribution < 1.29 is 0 Å². The predicted molar refractivity (Wildman–Crippen MR) is 109 cm³/mol. The summed E-state index contributed by atoms with van der Waals surface area (Å²) in [7, 11) is 0. The smallest absolute Gasteiger partial charge is 0.191 e. The molecule has 0 radical (unpaired) electrons. The number of aromatic nitrogens is 1. The molecule has 134 valence electrons. The zero-order valence-corrected chi connectivity index (χ0v) is 15.5. The molecule has 0 amide bonds. The summed E-state index contributed by atoms with van der Waals surface area (Å²) in [5, 5.41) is 7.94. The quantitative estimate of drug-likeness (QED) is 0.527. The van der Waals surface area contributed by atoms with Gasteiger partial charge in [-0.25, -0.2) is 4.99 Å². The van der Waals surface area contributed by atoms with Gasteiger partial charge in [-0.05, 0) is 43.0 Å². The monoisotopic (exact) mass is 346 g/mol. The first-order chi connectivity index (χ1) is 12.8. The van der Waals surface area contributed by atoms with E-state index in [0.29, 0.717) is 6.54 Å². The van der Waals surface area contributed by atoms with Gasteiger partial charge in [0, 0.05) is 24.7 Å². The third kappa shape index (κ3) is 4.60. The third-order valence-corrected chi connectivity index (χ3v) is 4.42. The van der Waals surface area contributed by atoms with E-state index in [9.17, 15) is 0 Å². The van der Waals surface area contributed by atoms with Gasteiger partial charge >= 0.3 is 0 Å². The van der Waals surface area contributed by atoms with Crippen molar-refractivity contribution in [1.82, 2.24) is 15.6 Å². The van der Waals surface area contributed by atoms with Gasteiger partial charge in [-0.15, -0.1) is 0 Å². The zero-order chi connectivity index (χ0) is 18.2. The number of hydrogen-bond acceptors (Lipinski definition) is 2. The molecular weight excluding hydrogens is 320 g/mol. The van der Waals surface area contributed by atoms with Crippen molar-refractivity contribution in [2.75, 3.05) is 13.1 Å². The van der Waals surface area contributed by atoms with Crippen LogP contribution in [0.3, 0.4) is 0 Å². The van der Waals surface area contributed by atoms with E-state index in [1.54, 1.807) is 0 Å². The van der Waals surface area contributed by atoms with Crippen molar-refractivity contribution in [1.29, 1.82) is 0 Å². The molecule has 1 aromatic heterocycles. The summed E-state index contributed by atoms with van der Waals surface area (Å²) >= 11 is 0. The second kappa shape index (κ2) is 8.99. The fraction of sp³-hybridized carbons (Fsp3) is 0.273. The number of nitrogens with zero attached hydrogens (tertiary/aromatic N) is 2. The molecular formula is C22H26N4. The third-order valence-electron chi connectivity index (χ3n) is 4.42. The number of aryl methyl sites for hydroxylation is 1. The van der Waals surface area contributed by atoms with Crippen LogP contribution in [0.4, 0.5) is 0 Å². The van der Waals surface area contributed by atoms with Crippen LogP contribution in [0.1, 0.15) is 23.6 Å². The Morgan fingerprint density at radius 3 is 2.62 bits per heavy atom. The van der Waals surface area contributed by atoms with Crippen molar-refractivity contribution in [3.05, 3.63) is 77.5 Å². The van der Waals surface area contributed by atoms with Gasteiger partial charge in [0.1, 0.15) is 0 Å². The van der Waals surface area contributed by atoms with Crippen LogP contribution in [0.15, 0.2) is 65.8 Å². The highest BCUT2D eigenvalue weighted by Gasteiger charge is 2.03. The van der Waals surface area contributed by atoms with E-state index in [0.717, 1.165) is 31.0 Å². The van der Waals surface area contributed by atoms with Gasteiger partial charge in [-0.3, -0.25) is 4.98 Å². The number of para-hydroxylation sites is 1. The highest BCUT2D eigenvalue weighted by Crippen LogP contribution is 2.16. The van der Waals surface area contributed by atoms with Gasteiger partial charge in [-0.2, -0.15) is 0 Å². The van der Waals surface area contributed by atoms with Crippen molar-refractivity contribution in [3.8, 4) is 0 Å². The Morgan fingerprint density at radius 2 is 1.77 bits per heavy atom. The van der Waals surface area contributed by atoms with Crippen LogP contribution in [0.2, 0.25) is 0 Å². The molecule has 4 heteroatoms. The molecule has 0 spiro atoms. The van der Waals surface area contributed by atoms with E-state index in [1.165, 1.54) is 22.1 Å². The molecule has 2 N–H and O–H groups in total. The van der Waals surface area contributed by atoms with Gasteiger partial charge in [0.05, 0.1) is 12.1 Å². The number of guanidine groups is 1. The maximum absolute atomic E-state index is 4.72. The zero-order valence-electron chi connectivity index (χ0n) is 15.5. The van der Waals surface area contributed by atoms with Crippen LogP contribution in [0.25, 0.3) is 10.9 Å². The van der Waals surface area contributed by atoms with Crippen LogP contribution >= 0.6 is 0 Å². The number of rotatable bonds is 6. The molecule has 26 heavy (non-hydrogen) atoms. The number of nitrogens with one attached hydrogen (secondary N) is 2. The summed E-state index contributed by atoms with van der Waals surface area (Å²) in [5.74, 6) is 0.851. The molecule has 0 bridgehead atoms. The first kappa shape index (κ1) is 17.9. The first-order valence-corrected chi connectivity index (χ1v) is 9.17. The first-order valence-electron chi connectivity index (χ1n) is 9.17. The highest BCUT2D eigenvalue weighted by molar-refractivity contribution is 5.82. The minimum absolute atomic E-state index is 0.678. The van der Waals surface area contributed by atoms with Gasteiger partial charge in [0.15, 0.2) is 5.96 Å². The van der Waals surface area contributed by atoms with Gasteiger partial charge < -0.3 is 10.6 Å². The molecule has 0 aliphatic heterocycles. The lowest BCUT2D eigenvalue weighted by molar-refractivity contribution is 0.800. The normalized spacial score (nSPS) is 11.5. The van der Waals surface area contributed by atoms with E-state index in [-0.39, 0.29) is 0 Å². The fourth-order valence-electron chi connectivity index (χ4n) is 2.98. The van der Waals surface area contributed by atoms with Gasteiger partial charge in [0.2, 0.25) is 0 Å². The van der Waals surface area contributed by atoms with E-state index < -0.39 is 0 Å². The van der Waals surface area contributed by atoms with Crippen LogP contribution in [0.5, 0.6) is 0 Å². The molecule has 0 saturated carbocycles. The SMILES string of the molecule is CCNC(=NCc1ccccc1C)NCCc1cccc2cccnc12. The van der Waals surface area contributed by atoms with Crippen molar-refractivity contribution >= 4 is 16.9 Å². The number of hydrogen-bond donors (Lipinski definition) is 2. The summed E-state index contributed by atoms with van der Waals surface area (Å²) in [5.41, 5.74) is 4.86. The number of pyridine rings is 1. The van der Waals surface area contributed by atoms with Gasteiger partial charge in [0.25, 0.3) is 0 Å². The molecule has 0 unspecified atom stereocenters. The Labute approximate surface area is 155 Å². The Bertz CT molecular complexity index is 881. The fourth-order valence-corrected chi connectivity index (χ4v) is 2.98. The molecule has 3 aromatic rings. The van der Waals surface area contributed by atoms with Crippen LogP contribution < -0.4 is 10.6 Å². The average Bonchev–Trinajstić information content (AvgIpc) is 2.67. The molecule has 0 aliphatic carbocycles. The molecule has 0 atom stereocenters. The predicted octanol–water partition coefficient (Wildman–Crippen LogP) is 3.84. The molecule has 4 nitrogen and oxygen atoms in total. The standard InChI is InChI=1S/C22H26N4/c1-3-23-22(26-16-20-9-5-4-8-17(20)2)25-15-13-19-11-6-10-18-12-7-14-24-21(18)19/h4-12,14H,3,13,15-16H2,1-2H3,(H2,23,25,26). The van der Waals surface area contributed by atoms with Crippen molar-refractivity contribution in [2.24, 2.45) is 4.99 Å². The number of fused-ring (bicyclic) bond motifs is 1. The molecule has 0 saturated heterocycles. The lowest BCUT2D eigenvalue weighted by Crippen LogP contribution is -2.38. The molecule has 3 rings (SSSR count). The summed E-state index contributed by atoms with van der Waals surface area (Å²) in [4.78, 5) is 9.24. The van der Waals surface area contributed by atoms with Crippen molar-refractivity contribution in [2.45, 2.75) is 26.8 Å². The van der Waals surface area contributed by atoms with E-state index in [4.69, 9.17) is 4.99 Å². The van der Waals surface area contributed by atoms with Crippen LogP contribution in [0, 0.1) is 6.92 Å². The summed E-state index contributed by atoms with van der Waals surface area (Å²) < 4.78 is 0. The van der Waals surface area contributed by atoms with Gasteiger partial charge in [-0.1, -0.05) is 48.5 Å². The minimum Gasteiger partial charge on any atom is -0.357 e. The highest BCUT2D eigenvalue weighted by atomic mass is 15.2. The number of benzene rings is 2. The Hall–Kier alpha value is -2.88. The van der Waals surface area contributed by atoms with E-state index in [2.05, 4.69) is 78.0 Å². The Balaban J connectivity index is 1.63. The molecule has 1 heterocycles. The number of aliphatic imine (C=N–C) groups is 1. The minimum atomic E-state index is 0.678. The van der Waals surface area contributed by atoms with E-state index >= 15 is 0 Å². The Kier molecular flexibility index (Phi) is 6.20. The second-order valence-corrected chi connectivity index (χ2v) is 6.29. The van der Waals surface area contributed by atoms with E-state index in [1.807, 2.05) is 12.3 Å².